The monoisotopic (exact) mass is 592 g/mol. The van der Waals surface area contributed by atoms with Gasteiger partial charge in [0.05, 0.1) is 22.9 Å². The molecule has 2 aliphatic heterocycles. The summed E-state index contributed by atoms with van der Waals surface area (Å²) in [5.74, 6) is -0.339. The van der Waals surface area contributed by atoms with Gasteiger partial charge < -0.3 is 15.4 Å². The van der Waals surface area contributed by atoms with Gasteiger partial charge in [0.2, 0.25) is 15.9 Å². The molecule has 12 heteroatoms. The van der Waals surface area contributed by atoms with Gasteiger partial charge in [-0.2, -0.15) is 17.5 Å². The van der Waals surface area contributed by atoms with Crippen LogP contribution in [0, 0.1) is 0 Å². The normalized spacial score (nSPS) is 26.8. The summed E-state index contributed by atoms with van der Waals surface area (Å²) in [6, 6.07) is 10.2. The van der Waals surface area contributed by atoms with Crippen LogP contribution in [0.3, 0.4) is 0 Å². The number of piperazine rings is 1. The van der Waals surface area contributed by atoms with E-state index < -0.39 is 33.7 Å². The highest BCUT2D eigenvalue weighted by Crippen LogP contribution is 2.46. The number of ether oxygens (including phenoxy) is 1. The van der Waals surface area contributed by atoms with Crippen LogP contribution in [0.2, 0.25) is 0 Å². The van der Waals surface area contributed by atoms with Crippen molar-refractivity contribution in [2.24, 2.45) is 0 Å². The smallest absolute Gasteiger partial charge is 0.349 e. The third-order valence-electron chi connectivity index (χ3n) is 8.73. The highest BCUT2D eigenvalue weighted by Gasteiger charge is 2.67. The van der Waals surface area contributed by atoms with Crippen molar-refractivity contribution in [1.82, 2.24) is 20.3 Å². The largest absolute Gasteiger partial charge is 0.416 e. The molecule has 2 aromatic carbocycles. The van der Waals surface area contributed by atoms with Crippen LogP contribution in [-0.2, 0) is 38.7 Å². The van der Waals surface area contributed by atoms with Crippen molar-refractivity contribution >= 4 is 15.9 Å². The minimum absolute atomic E-state index is 0.0249. The summed E-state index contributed by atoms with van der Waals surface area (Å²) in [5.41, 5.74) is 1.18. The maximum atomic E-state index is 13.5. The lowest BCUT2D eigenvalue weighted by Crippen LogP contribution is -2.55. The highest BCUT2D eigenvalue weighted by molar-refractivity contribution is 7.89. The Bertz CT molecular complexity index is 1400. The van der Waals surface area contributed by atoms with E-state index in [9.17, 15) is 26.4 Å². The average molecular weight is 593 g/mol. The molecule has 3 N–H and O–H groups in total. The van der Waals surface area contributed by atoms with Crippen LogP contribution in [-0.4, -0.2) is 49.7 Å². The van der Waals surface area contributed by atoms with Gasteiger partial charge in [-0.05, 0) is 73.1 Å². The van der Waals surface area contributed by atoms with E-state index in [0.717, 1.165) is 59.9 Å². The molecule has 2 heterocycles. The highest BCUT2D eigenvalue weighted by atomic mass is 32.2. The summed E-state index contributed by atoms with van der Waals surface area (Å²) in [6.07, 6.45) is 2.20. The number of sulfonamides is 1. The first-order valence-corrected chi connectivity index (χ1v) is 15.8. The van der Waals surface area contributed by atoms with Crippen molar-refractivity contribution in [3.8, 4) is 0 Å². The Kier molecular flexibility index (Phi) is 7.65. The van der Waals surface area contributed by atoms with E-state index in [4.69, 9.17) is 4.74 Å². The molecule has 0 spiro atoms. The second-order valence-electron chi connectivity index (χ2n) is 11.5. The molecule has 222 valence electrons. The Balaban J connectivity index is 1.14. The third kappa shape index (κ3) is 5.77. The number of carbonyl (C=O) groups excluding carboxylic acids is 1. The fraction of sp³-hybridized carbons (Fsp3) is 0.552. The molecule has 6 rings (SSSR count). The van der Waals surface area contributed by atoms with Gasteiger partial charge in [-0.1, -0.05) is 31.0 Å². The van der Waals surface area contributed by atoms with Crippen LogP contribution in [0.15, 0.2) is 47.4 Å². The van der Waals surface area contributed by atoms with E-state index in [1.54, 1.807) is 0 Å². The van der Waals surface area contributed by atoms with Crippen molar-refractivity contribution in [3.05, 3.63) is 64.7 Å². The van der Waals surface area contributed by atoms with Crippen LogP contribution < -0.4 is 16.0 Å². The van der Waals surface area contributed by atoms with Crippen molar-refractivity contribution in [1.29, 1.82) is 0 Å². The predicted molar refractivity (Wildman–Crippen MR) is 145 cm³/mol. The molecular weight excluding hydrogens is 557 g/mol. The van der Waals surface area contributed by atoms with Crippen LogP contribution in [0.1, 0.15) is 73.2 Å². The molecule has 4 aliphatic rings. The Morgan fingerprint density at radius 3 is 2.56 bits per heavy atom. The molecule has 8 nitrogen and oxygen atoms in total. The molecule has 2 aliphatic carbocycles. The first kappa shape index (κ1) is 28.6. The van der Waals surface area contributed by atoms with Crippen molar-refractivity contribution in [2.45, 2.75) is 93.0 Å². The summed E-state index contributed by atoms with van der Waals surface area (Å²) in [4.78, 5) is 13.0. The minimum atomic E-state index is -4.58. The molecule has 0 radical (unpaired) electrons. The second kappa shape index (κ2) is 11.0. The van der Waals surface area contributed by atoms with E-state index in [1.165, 1.54) is 36.8 Å². The Morgan fingerprint density at radius 2 is 1.83 bits per heavy atom. The fourth-order valence-corrected chi connectivity index (χ4v) is 8.21. The van der Waals surface area contributed by atoms with E-state index in [-0.39, 0.29) is 29.8 Å². The molecule has 3 atom stereocenters. The predicted octanol–water partition coefficient (Wildman–Crippen LogP) is 3.97. The van der Waals surface area contributed by atoms with Crippen LogP contribution >= 0.6 is 0 Å². The number of aryl methyl sites for hydroxylation is 1. The van der Waals surface area contributed by atoms with Crippen molar-refractivity contribution in [3.63, 3.8) is 0 Å². The number of hydrogen-bond acceptors (Lipinski definition) is 6. The SMILES string of the molecule is O=C(CC12OC1NCCN2S(=O)(=O)c1ccc(C(F)(F)F)cc1)N[C@@H]1CCCc2cc(CNC3CCCC3)ccc21. The number of nitrogens with one attached hydrogen (secondary N) is 3. The molecule has 2 unspecified atom stereocenters. The number of rotatable bonds is 8. The molecule has 2 saturated heterocycles. The van der Waals surface area contributed by atoms with Gasteiger partial charge in [0.15, 0.2) is 12.0 Å². The fourth-order valence-electron chi connectivity index (χ4n) is 6.53. The van der Waals surface area contributed by atoms with Crippen molar-refractivity contribution < 1.29 is 31.1 Å². The maximum Gasteiger partial charge on any atom is 0.416 e. The summed E-state index contributed by atoms with van der Waals surface area (Å²) >= 11 is 0. The molecule has 41 heavy (non-hydrogen) atoms. The summed E-state index contributed by atoms with van der Waals surface area (Å²) in [6.45, 7) is 1.14. The number of amides is 1. The van der Waals surface area contributed by atoms with Crippen molar-refractivity contribution in [2.75, 3.05) is 13.1 Å². The number of hydrogen-bond donors (Lipinski definition) is 3. The standard InChI is InChI=1S/C29H35F3N4O4S/c30-29(31,32)21-9-11-23(12-10-21)41(38,39)36-15-14-33-27-28(36,40-27)17-26(37)35-25-7-3-4-20-16-19(8-13-24(20)25)18-34-22-5-1-2-6-22/h8-13,16,22,25,27,33-34H,1-7,14-15,17-18H2,(H,35,37)/t25-,27?,28?/m1/s1. The number of nitrogens with zero attached hydrogens (tertiary/aromatic N) is 1. The zero-order valence-corrected chi connectivity index (χ0v) is 23.5. The van der Waals surface area contributed by atoms with Gasteiger partial charge in [0, 0.05) is 25.7 Å². The number of halogens is 3. The van der Waals surface area contributed by atoms with Crippen LogP contribution in [0.25, 0.3) is 0 Å². The summed E-state index contributed by atoms with van der Waals surface area (Å²) in [7, 11) is -4.22. The Labute approximate surface area is 238 Å². The van der Waals surface area contributed by atoms with Gasteiger partial charge in [0.25, 0.3) is 0 Å². The topological polar surface area (TPSA) is 103 Å². The van der Waals surface area contributed by atoms with Crippen LogP contribution in [0.4, 0.5) is 13.2 Å². The zero-order valence-electron chi connectivity index (χ0n) is 22.7. The maximum absolute atomic E-state index is 13.5. The number of benzene rings is 2. The van der Waals surface area contributed by atoms with Gasteiger partial charge in [0.1, 0.15) is 0 Å². The molecule has 1 saturated carbocycles. The number of alkyl halides is 3. The van der Waals surface area contributed by atoms with E-state index >= 15 is 0 Å². The van der Waals surface area contributed by atoms with Gasteiger partial charge >= 0.3 is 6.18 Å². The number of carbonyl (C=O) groups is 1. The molecule has 1 amide bonds. The van der Waals surface area contributed by atoms with Gasteiger partial charge in [-0.25, -0.2) is 8.42 Å². The first-order valence-electron chi connectivity index (χ1n) is 14.3. The molecule has 0 aromatic heterocycles. The number of epoxide rings is 1. The lowest BCUT2D eigenvalue weighted by Gasteiger charge is -2.32. The number of fused-ring (bicyclic) bond motifs is 2. The zero-order chi connectivity index (χ0) is 28.8. The lowest BCUT2D eigenvalue weighted by molar-refractivity contribution is -0.137. The summed E-state index contributed by atoms with van der Waals surface area (Å²) in [5, 5.41) is 9.82. The van der Waals surface area contributed by atoms with E-state index in [1.807, 2.05) is 0 Å². The lowest BCUT2D eigenvalue weighted by atomic mass is 9.86. The third-order valence-corrected chi connectivity index (χ3v) is 10.7. The molecule has 3 fully saturated rings. The first-order chi connectivity index (χ1) is 19.6. The minimum Gasteiger partial charge on any atom is -0.349 e. The van der Waals surface area contributed by atoms with Crippen LogP contribution in [0.5, 0.6) is 0 Å². The van der Waals surface area contributed by atoms with E-state index in [0.29, 0.717) is 12.6 Å². The second-order valence-corrected chi connectivity index (χ2v) is 13.3. The van der Waals surface area contributed by atoms with Gasteiger partial charge in [-0.15, -0.1) is 0 Å². The summed E-state index contributed by atoms with van der Waals surface area (Å²) < 4.78 is 72.9. The molecule has 0 bridgehead atoms. The average Bonchev–Trinajstić information content (AvgIpc) is 3.41. The van der Waals surface area contributed by atoms with Gasteiger partial charge in [-0.3, -0.25) is 10.1 Å². The van der Waals surface area contributed by atoms with E-state index in [2.05, 4.69) is 34.1 Å². The Morgan fingerprint density at radius 1 is 1.07 bits per heavy atom. The molecular formula is C29H35F3N4O4S. The Hall–Kier alpha value is -2.51. The molecule has 2 aromatic rings. The quantitative estimate of drug-likeness (QED) is 0.401.